The summed E-state index contributed by atoms with van der Waals surface area (Å²) in [4.78, 5) is 24.9. The SMILES string of the molecule is COc1ccc(CCNC(=O)C23CC4CC(CC(NC(C)=O)(C4)C2)C3)cc1. The normalized spacial score (nSPS) is 33.6. The molecule has 0 radical (unpaired) electrons. The third-order valence-corrected chi connectivity index (χ3v) is 6.84. The number of rotatable bonds is 6. The van der Waals surface area contributed by atoms with Crippen LogP contribution in [0.2, 0.25) is 0 Å². The number of hydrogen-bond acceptors (Lipinski definition) is 3. The fourth-order valence-corrected chi connectivity index (χ4v) is 6.35. The van der Waals surface area contributed by atoms with Crippen molar-refractivity contribution >= 4 is 11.8 Å². The first-order chi connectivity index (χ1) is 12.9. The summed E-state index contributed by atoms with van der Waals surface area (Å²) in [6, 6.07) is 7.99. The minimum absolute atomic E-state index is 0.0343. The Morgan fingerprint density at radius 1 is 1.11 bits per heavy atom. The van der Waals surface area contributed by atoms with Gasteiger partial charge in [0, 0.05) is 19.0 Å². The van der Waals surface area contributed by atoms with Crippen molar-refractivity contribution in [3.8, 4) is 5.75 Å². The average Bonchev–Trinajstić information content (AvgIpc) is 2.60. The van der Waals surface area contributed by atoms with E-state index in [1.807, 2.05) is 24.3 Å². The molecule has 4 saturated carbocycles. The zero-order chi connectivity index (χ0) is 19.1. The summed E-state index contributed by atoms with van der Waals surface area (Å²) in [6.07, 6.45) is 6.91. The van der Waals surface area contributed by atoms with Gasteiger partial charge in [-0.15, -0.1) is 0 Å². The van der Waals surface area contributed by atoms with Crippen molar-refractivity contribution in [2.24, 2.45) is 17.3 Å². The zero-order valence-electron chi connectivity index (χ0n) is 16.3. The minimum Gasteiger partial charge on any atom is -0.497 e. The van der Waals surface area contributed by atoms with Gasteiger partial charge < -0.3 is 15.4 Å². The molecule has 2 atom stereocenters. The second-order valence-corrected chi connectivity index (χ2v) is 9.06. The van der Waals surface area contributed by atoms with Gasteiger partial charge in [-0.25, -0.2) is 0 Å². The fourth-order valence-electron chi connectivity index (χ4n) is 6.35. The van der Waals surface area contributed by atoms with E-state index in [1.54, 1.807) is 14.0 Å². The van der Waals surface area contributed by atoms with E-state index in [1.165, 1.54) is 12.0 Å². The maximum Gasteiger partial charge on any atom is 0.226 e. The Hall–Kier alpha value is -2.04. The van der Waals surface area contributed by atoms with E-state index in [0.29, 0.717) is 18.4 Å². The highest BCUT2D eigenvalue weighted by molar-refractivity contribution is 5.84. The Morgan fingerprint density at radius 2 is 1.78 bits per heavy atom. The van der Waals surface area contributed by atoms with Gasteiger partial charge in [0.15, 0.2) is 0 Å². The molecule has 2 amide bonds. The van der Waals surface area contributed by atoms with Crippen LogP contribution in [-0.2, 0) is 16.0 Å². The van der Waals surface area contributed by atoms with Crippen LogP contribution in [0, 0.1) is 17.3 Å². The molecule has 1 aromatic rings. The molecule has 4 bridgehead atoms. The van der Waals surface area contributed by atoms with Crippen molar-refractivity contribution in [3.63, 3.8) is 0 Å². The van der Waals surface area contributed by atoms with Gasteiger partial charge >= 0.3 is 0 Å². The zero-order valence-corrected chi connectivity index (χ0v) is 16.3. The predicted molar refractivity (Wildman–Crippen MR) is 103 cm³/mol. The van der Waals surface area contributed by atoms with E-state index >= 15 is 0 Å². The maximum absolute atomic E-state index is 13.2. The molecule has 2 N–H and O–H groups in total. The molecule has 4 aliphatic rings. The van der Waals surface area contributed by atoms with Gasteiger partial charge in [0.2, 0.25) is 11.8 Å². The van der Waals surface area contributed by atoms with Crippen molar-refractivity contribution in [1.29, 1.82) is 0 Å². The summed E-state index contributed by atoms with van der Waals surface area (Å²) in [7, 11) is 1.66. The third kappa shape index (κ3) is 3.56. The first-order valence-corrected chi connectivity index (χ1v) is 10.1. The molecule has 5 rings (SSSR count). The van der Waals surface area contributed by atoms with Gasteiger partial charge in [0.1, 0.15) is 5.75 Å². The first kappa shape index (κ1) is 18.3. The van der Waals surface area contributed by atoms with E-state index in [2.05, 4.69) is 10.6 Å². The Labute approximate surface area is 161 Å². The number of ether oxygens (including phenoxy) is 1. The molecule has 146 valence electrons. The molecule has 0 aliphatic heterocycles. The molecule has 0 heterocycles. The largest absolute Gasteiger partial charge is 0.497 e. The van der Waals surface area contributed by atoms with Crippen molar-refractivity contribution in [2.45, 2.75) is 57.4 Å². The van der Waals surface area contributed by atoms with Crippen molar-refractivity contribution in [3.05, 3.63) is 29.8 Å². The summed E-state index contributed by atoms with van der Waals surface area (Å²) < 4.78 is 5.19. The molecular weight excluding hydrogens is 340 g/mol. The van der Waals surface area contributed by atoms with Crippen molar-refractivity contribution in [2.75, 3.05) is 13.7 Å². The highest BCUT2D eigenvalue weighted by Gasteiger charge is 2.60. The number of nitrogens with one attached hydrogen (secondary N) is 2. The molecule has 5 heteroatoms. The number of amides is 2. The average molecular weight is 370 g/mol. The van der Waals surface area contributed by atoms with Crippen LogP contribution in [-0.4, -0.2) is 31.0 Å². The number of hydrogen-bond donors (Lipinski definition) is 2. The van der Waals surface area contributed by atoms with E-state index in [4.69, 9.17) is 4.74 Å². The monoisotopic (exact) mass is 370 g/mol. The Bertz CT molecular complexity index is 714. The summed E-state index contributed by atoms with van der Waals surface area (Å²) in [5.74, 6) is 2.22. The van der Waals surface area contributed by atoms with Gasteiger partial charge in [-0.2, -0.15) is 0 Å². The smallest absolute Gasteiger partial charge is 0.226 e. The van der Waals surface area contributed by atoms with Crippen LogP contribution in [0.15, 0.2) is 24.3 Å². The summed E-state index contributed by atoms with van der Waals surface area (Å²) in [5.41, 5.74) is 0.756. The molecular formula is C22H30N2O3. The quantitative estimate of drug-likeness (QED) is 0.809. The van der Waals surface area contributed by atoms with Crippen LogP contribution < -0.4 is 15.4 Å². The molecule has 4 fully saturated rings. The van der Waals surface area contributed by atoms with E-state index < -0.39 is 0 Å². The number of benzene rings is 1. The Morgan fingerprint density at radius 3 is 2.37 bits per heavy atom. The molecule has 0 spiro atoms. The highest BCUT2D eigenvalue weighted by atomic mass is 16.5. The van der Waals surface area contributed by atoms with Crippen LogP contribution in [0.1, 0.15) is 51.0 Å². The van der Waals surface area contributed by atoms with Crippen LogP contribution in [0.25, 0.3) is 0 Å². The highest BCUT2D eigenvalue weighted by Crippen LogP contribution is 2.61. The van der Waals surface area contributed by atoms with Crippen LogP contribution in [0.5, 0.6) is 5.75 Å². The van der Waals surface area contributed by atoms with Gasteiger partial charge in [0.25, 0.3) is 0 Å². The molecule has 1 aromatic carbocycles. The third-order valence-electron chi connectivity index (χ3n) is 6.84. The summed E-state index contributed by atoms with van der Waals surface area (Å²) in [5, 5.41) is 6.43. The van der Waals surface area contributed by atoms with Crippen LogP contribution in [0.3, 0.4) is 0 Å². The number of methoxy groups -OCH3 is 1. The van der Waals surface area contributed by atoms with E-state index in [9.17, 15) is 9.59 Å². The minimum atomic E-state index is -0.285. The molecule has 4 aliphatic carbocycles. The first-order valence-electron chi connectivity index (χ1n) is 10.1. The maximum atomic E-state index is 13.2. The Kier molecular flexibility index (Phi) is 4.65. The van der Waals surface area contributed by atoms with Gasteiger partial charge in [-0.05, 0) is 74.5 Å². The lowest BCUT2D eigenvalue weighted by Crippen LogP contribution is -2.65. The van der Waals surface area contributed by atoms with Gasteiger partial charge in [0.05, 0.1) is 12.5 Å². The second-order valence-electron chi connectivity index (χ2n) is 9.06. The lowest BCUT2D eigenvalue weighted by molar-refractivity contribution is -0.153. The molecule has 0 aromatic heterocycles. The standard InChI is InChI=1S/C22H30N2O3/c1-15(25)24-22-12-17-9-18(13-22)11-21(10-17,14-22)20(26)23-8-7-16-3-5-19(27-2)6-4-16/h3-6,17-18H,7-14H2,1-2H3,(H,23,26)(H,24,25). The molecule has 2 unspecified atom stereocenters. The summed E-state index contributed by atoms with van der Waals surface area (Å²) >= 11 is 0. The lowest BCUT2D eigenvalue weighted by atomic mass is 9.46. The van der Waals surface area contributed by atoms with Gasteiger partial charge in [-0.1, -0.05) is 12.1 Å². The molecule has 0 saturated heterocycles. The lowest BCUT2D eigenvalue weighted by Gasteiger charge is -2.61. The second kappa shape index (κ2) is 6.84. The fraction of sp³-hybridized carbons (Fsp3) is 0.636. The predicted octanol–water partition coefficient (Wildman–Crippen LogP) is 2.83. The topological polar surface area (TPSA) is 67.4 Å². The molecule has 5 nitrogen and oxygen atoms in total. The van der Waals surface area contributed by atoms with E-state index in [-0.39, 0.29) is 22.8 Å². The number of carbonyl (C=O) groups excluding carboxylic acids is 2. The van der Waals surface area contributed by atoms with Crippen molar-refractivity contribution in [1.82, 2.24) is 10.6 Å². The van der Waals surface area contributed by atoms with Crippen LogP contribution in [0.4, 0.5) is 0 Å². The van der Waals surface area contributed by atoms with Gasteiger partial charge in [-0.3, -0.25) is 9.59 Å². The summed E-state index contributed by atoms with van der Waals surface area (Å²) in [6.45, 7) is 2.25. The van der Waals surface area contributed by atoms with Crippen LogP contribution >= 0.6 is 0 Å². The Balaban J connectivity index is 1.39. The van der Waals surface area contributed by atoms with Crippen molar-refractivity contribution < 1.29 is 14.3 Å². The number of carbonyl (C=O) groups is 2. The van der Waals surface area contributed by atoms with E-state index in [0.717, 1.165) is 44.3 Å². The molecule has 27 heavy (non-hydrogen) atoms.